The summed E-state index contributed by atoms with van der Waals surface area (Å²) in [5.41, 5.74) is 1.97. The van der Waals surface area contributed by atoms with E-state index in [9.17, 15) is 0 Å². The standard InChI is InChI=1S/C22H34N6O/c1-18-9-14-27(15-10-18)13-4-12-24-22(23-2)25-17-19-11-16-28(26-19)20-5-7-21(29-3)8-6-20/h5-8,11,16,18H,4,9-10,12-15,17H2,1-3H3,(H2,23,24,25). The third-order valence-electron chi connectivity index (χ3n) is 5.46. The third-order valence-corrected chi connectivity index (χ3v) is 5.46. The number of methoxy groups -OCH3 is 1. The van der Waals surface area contributed by atoms with Crippen molar-refractivity contribution in [2.45, 2.75) is 32.7 Å². The number of piperidine rings is 1. The molecule has 0 unspecified atom stereocenters. The van der Waals surface area contributed by atoms with Crippen LogP contribution in [0.3, 0.4) is 0 Å². The smallest absolute Gasteiger partial charge is 0.191 e. The highest BCUT2D eigenvalue weighted by Gasteiger charge is 2.14. The molecule has 1 aromatic carbocycles. The normalized spacial score (nSPS) is 16.0. The van der Waals surface area contributed by atoms with Crippen molar-refractivity contribution < 1.29 is 4.74 Å². The molecule has 7 nitrogen and oxygen atoms in total. The number of nitrogens with one attached hydrogen (secondary N) is 2. The molecule has 0 saturated carbocycles. The van der Waals surface area contributed by atoms with Crippen molar-refractivity contribution in [3.63, 3.8) is 0 Å². The van der Waals surface area contributed by atoms with E-state index in [1.165, 1.54) is 25.9 Å². The lowest BCUT2D eigenvalue weighted by Crippen LogP contribution is -2.39. The van der Waals surface area contributed by atoms with E-state index in [4.69, 9.17) is 4.74 Å². The topological polar surface area (TPSA) is 66.7 Å². The first-order valence-corrected chi connectivity index (χ1v) is 10.5. The van der Waals surface area contributed by atoms with Gasteiger partial charge in [0, 0.05) is 19.8 Å². The predicted octanol–water partition coefficient (Wildman–Crippen LogP) is 2.67. The number of hydrogen-bond donors (Lipinski definition) is 2. The van der Waals surface area contributed by atoms with Crippen molar-refractivity contribution in [1.29, 1.82) is 0 Å². The maximum absolute atomic E-state index is 5.20. The summed E-state index contributed by atoms with van der Waals surface area (Å²) >= 11 is 0. The molecule has 0 spiro atoms. The fourth-order valence-electron chi connectivity index (χ4n) is 3.52. The number of aliphatic imine (C=N–C) groups is 1. The van der Waals surface area contributed by atoms with Crippen LogP contribution in [0.1, 0.15) is 31.9 Å². The van der Waals surface area contributed by atoms with Gasteiger partial charge in [0.25, 0.3) is 0 Å². The van der Waals surface area contributed by atoms with E-state index >= 15 is 0 Å². The van der Waals surface area contributed by atoms with Gasteiger partial charge >= 0.3 is 0 Å². The van der Waals surface area contributed by atoms with Gasteiger partial charge in [-0.05, 0) is 75.1 Å². The number of aromatic nitrogens is 2. The molecule has 1 aromatic heterocycles. The van der Waals surface area contributed by atoms with Crippen molar-refractivity contribution in [1.82, 2.24) is 25.3 Å². The highest BCUT2D eigenvalue weighted by molar-refractivity contribution is 5.79. The van der Waals surface area contributed by atoms with Gasteiger partial charge in [-0.1, -0.05) is 6.92 Å². The molecule has 3 rings (SSSR count). The number of ether oxygens (including phenoxy) is 1. The van der Waals surface area contributed by atoms with Gasteiger partial charge in [0.1, 0.15) is 5.75 Å². The second kappa shape index (κ2) is 10.9. The first-order valence-electron chi connectivity index (χ1n) is 10.5. The highest BCUT2D eigenvalue weighted by atomic mass is 16.5. The lowest BCUT2D eigenvalue weighted by Gasteiger charge is -2.30. The Morgan fingerprint density at radius 2 is 1.93 bits per heavy atom. The van der Waals surface area contributed by atoms with E-state index in [2.05, 4.69) is 32.5 Å². The van der Waals surface area contributed by atoms with Gasteiger partial charge in [0.05, 0.1) is 25.0 Å². The lowest BCUT2D eigenvalue weighted by molar-refractivity contribution is 0.191. The minimum absolute atomic E-state index is 0.632. The van der Waals surface area contributed by atoms with E-state index in [-0.39, 0.29) is 0 Å². The minimum Gasteiger partial charge on any atom is -0.497 e. The number of guanidine groups is 1. The van der Waals surface area contributed by atoms with Crippen LogP contribution in [-0.4, -0.2) is 61.0 Å². The molecular formula is C22H34N6O. The second-order valence-corrected chi connectivity index (χ2v) is 7.68. The average molecular weight is 399 g/mol. The zero-order chi connectivity index (χ0) is 20.5. The quantitative estimate of drug-likeness (QED) is 0.407. The molecule has 1 aliphatic heterocycles. The summed E-state index contributed by atoms with van der Waals surface area (Å²) in [5, 5.41) is 11.4. The number of rotatable bonds is 8. The summed E-state index contributed by atoms with van der Waals surface area (Å²) < 4.78 is 7.07. The van der Waals surface area contributed by atoms with Crippen LogP contribution in [0, 0.1) is 5.92 Å². The minimum atomic E-state index is 0.632. The summed E-state index contributed by atoms with van der Waals surface area (Å²) in [7, 11) is 3.47. The molecule has 0 aliphatic carbocycles. The zero-order valence-electron chi connectivity index (χ0n) is 17.9. The third kappa shape index (κ3) is 6.49. The van der Waals surface area contributed by atoms with Crippen molar-refractivity contribution in [3.05, 3.63) is 42.2 Å². The van der Waals surface area contributed by atoms with Crippen LogP contribution in [0.15, 0.2) is 41.5 Å². The van der Waals surface area contributed by atoms with Crippen LogP contribution < -0.4 is 15.4 Å². The fraction of sp³-hybridized carbons (Fsp3) is 0.545. The van der Waals surface area contributed by atoms with Gasteiger partial charge in [0.15, 0.2) is 5.96 Å². The maximum Gasteiger partial charge on any atom is 0.191 e. The molecule has 1 fully saturated rings. The second-order valence-electron chi connectivity index (χ2n) is 7.68. The summed E-state index contributed by atoms with van der Waals surface area (Å²) in [6.45, 7) is 7.55. The van der Waals surface area contributed by atoms with E-state index in [0.29, 0.717) is 6.54 Å². The Hall–Kier alpha value is -2.54. The van der Waals surface area contributed by atoms with Crippen LogP contribution in [0.5, 0.6) is 5.75 Å². The summed E-state index contributed by atoms with van der Waals surface area (Å²) in [5.74, 6) is 2.55. The Morgan fingerprint density at radius 3 is 2.62 bits per heavy atom. The van der Waals surface area contributed by atoms with Gasteiger partial charge in [-0.25, -0.2) is 4.68 Å². The Balaban J connectivity index is 1.38. The molecule has 7 heteroatoms. The Labute approximate surface area is 174 Å². The summed E-state index contributed by atoms with van der Waals surface area (Å²) in [6, 6.07) is 9.87. The lowest BCUT2D eigenvalue weighted by atomic mass is 9.99. The molecule has 0 atom stereocenters. The SMILES string of the molecule is CN=C(NCCCN1CCC(C)CC1)NCc1ccn(-c2ccc(OC)cc2)n1. The predicted molar refractivity (Wildman–Crippen MR) is 118 cm³/mol. The van der Waals surface area contributed by atoms with Gasteiger partial charge < -0.3 is 20.3 Å². The first-order chi connectivity index (χ1) is 14.2. The summed E-state index contributed by atoms with van der Waals surface area (Å²) in [6.07, 6.45) is 5.76. The molecule has 2 heterocycles. The molecule has 1 saturated heterocycles. The number of likely N-dealkylation sites (tertiary alicyclic amines) is 1. The van der Waals surface area contributed by atoms with Crippen LogP contribution >= 0.6 is 0 Å². The zero-order valence-corrected chi connectivity index (χ0v) is 17.9. The van der Waals surface area contributed by atoms with Crippen molar-refractivity contribution in [2.24, 2.45) is 10.9 Å². The molecule has 0 radical (unpaired) electrons. The Bertz CT molecular complexity index is 762. The van der Waals surface area contributed by atoms with Crippen LogP contribution in [0.25, 0.3) is 5.69 Å². The molecule has 1 aliphatic rings. The molecule has 0 bridgehead atoms. The van der Waals surface area contributed by atoms with E-state index in [0.717, 1.165) is 48.5 Å². The first kappa shape index (κ1) is 21.2. The Kier molecular flexibility index (Phi) is 7.93. The van der Waals surface area contributed by atoms with Crippen LogP contribution in [0.2, 0.25) is 0 Å². The molecular weight excluding hydrogens is 364 g/mol. The molecule has 158 valence electrons. The van der Waals surface area contributed by atoms with Crippen molar-refractivity contribution in [2.75, 3.05) is 40.3 Å². The van der Waals surface area contributed by atoms with Crippen molar-refractivity contribution in [3.8, 4) is 11.4 Å². The summed E-state index contributed by atoms with van der Waals surface area (Å²) in [4.78, 5) is 6.89. The van der Waals surface area contributed by atoms with Gasteiger partial charge in [-0.15, -0.1) is 0 Å². The van der Waals surface area contributed by atoms with Gasteiger partial charge in [0.2, 0.25) is 0 Å². The highest BCUT2D eigenvalue weighted by Crippen LogP contribution is 2.16. The van der Waals surface area contributed by atoms with Gasteiger partial charge in [-0.2, -0.15) is 5.10 Å². The van der Waals surface area contributed by atoms with Crippen LogP contribution in [-0.2, 0) is 6.54 Å². The van der Waals surface area contributed by atoms with E-state index in [1.807, 2.05) is 41.2 Å². The largest absolute Gasteiger partial charge is 0.497 e. The number of hydrogen-bond acceptors (Lipinski definition) is 4. The number of benzene rings is 1. The molecule has 2 N–H and O–H groups in total. The molecule has 29 heavy (non-hydrogen) atoms. The number of nitrogens with zero attached hydrogens (tertiary/aromatic N) is 4. The monoisotopic (exact) mass is 398 g/mol. The molecule has 2 aromatic rings. The van der Waals surface area contributed by atoms with Crippen LogP contribution in [0.4, 0.5) is 0 Å². The van der Waals surface area contributed by atoms with Gasteiger partial charge in [-0.3, -0.25) is 4.99 Å². The maximum atomic E-state index is 5.20. The molecule has 0 amide bonds. The van der Waals surface area contributed by atoms with E-state index < -0.39 is 0 Å². The fourth-order valence-corrected chi connectivity index (χ4v) is 3.52. The Morgan fingerprint density at radius 1 is 1.17 bits per heavy atom. The van der Waals surface area contributed by atoms with Crippen molar-refractivity contribution >= 4 is 5.96 Å². The van der Waals surface area contributed by atoms with E-state index in [1.54, 1.807) is 14.2 Å². The average Bonchev–Trinajstić information content (AvgIpc) is 3.23.